The van der Waals surface area contributed by atoms with Crippen molar-refractivity contribution in [2.75, 3.05) is 23.3 Å². The molecule has 2 aliphatic rings. The molecule has 1 saturated carbocycles. The maximum atomic E-state index is 11.7. The molecular weight excluding hydrogens is 262 g/mol. The predicted molar refractivity (Wildman–Crippen MR) is 86.5 cm³/mol. The van der Waals surface area contributed by atoms with Gasteiger partial charge in [-0.3, -0.25) is 0 Å². The van der Waals surface area contributed by atoms with Crippen LogP contribution >= 0.6 is 0 Å². The van der Waals surface area contributed by atoms with Crippen molar-refractivity contribution in [3.63, 3.8) is 0 Å². The second-order valence-corrected chi connectivity index (χ2v) is 5.89. The van der Waals surface area contributed by atoms with Gasteiger partial charge in [0.2, 0.25) is 0 Å². The maximum absolute atomic E-state index is 11.7. The third kappa shape index (κ3) is 4.25. The minimum atomic E-state index is -0.183. The van der Waals surface area contributed by atoms with E-state index >= 15 is 0 Å². The normalized spacial score (nSPS) is 18.8. The van der Waals surface area contributed by atoms with Gasteiger partial charge in [0.25, 0.3) is 0 Å². The minimum absolute atomic E-state index is 0.183. The summed E-state index contributed by atoms with van der Waals surface area (Å²) >= 11 is 0. The first kappa shape index (κ1) is 14.0. The van der Waals surface area contributed by atoms with Crippen LogP contribution in [0.3, 0.4) is 0 Å². The van der Waals surface area contributed by atoms with Gasteiger partial charge in [-0.2, -0.15) is 0 Å². The molecule has 1 aliphatic heterocycles. The van der Waals surface area contributed by atoms with Crippen molar-refractivity contribution in [2.45, 2.75) is 32.1 Å². The van der Waals surface area contributed by atoms with E-state index in [1.807, 2.05) is 12.1 Å². The molecule has 1 aromatic carbocycles. The number of piperidine rings is 1. The van der Waals surface area contributed by atoms with Crippen LogP contribution in [0.2, 0.25) is 0 Å². The van der Waals surface area contributed by atoms with Crippen molar-refractivity contribution in [3.8, 4) is 0 Å². The Hall–Kier alpha value is -1.97. The highest BCUT2D eigenvalue weighted by Crippen LogP contribution is 2.29. The van der Waals surface area contributed by atoms with E-state index in [-0.39, 0.29) is 6.03 Å². The lowest BCUT2D eigenvalue weighted by Gasteiger charge is -2.28. The third-order valence-corrected chi connectivity index (χ3v) is 4.05. The summed E-state index contributed by atoms with van der Waals surface area (Å²) in [6.07, 6.45) is 10.2. The van der Waals surface area contributed by atoms with Gasteiger partial charge >= 0.3 is 6.03 Å². The molecule has 4 nitrogen and oxygen atoms in total. The number of allylic oxidation sites excluding steroid dienone is 1. The first-order valence-electron chi connectivity index (χ1n) is 7.90. The number of amides is 2. The van der Waals surface area contributed by atoms with E-state index in [1.54, 1.807) is 6.20 Å². The van der Waals surface area contributed by atoms with Crippen molar-refractivity contribution < 1.29 is 4.79 Å². The molecule has 0 aromatic heterocycles. The van der Waals surface area contributed by atoms with Gasteiger partial charge in [0.05, 0.1) is 0 Å². The second-order valence-electron chi connectivity index (χ2n) is 5.89. The van der Waals surface area contributed by atoms with Crippen LogP contribution in [-0.4, -0.2) is 19.1 Å². The molecular formula is C17H23N3O. The fourth-order valence-corrected chi connectivity index (χ4v) is 2.62. The van der Waals surface area contributed by atoms with Crippen molar-refractivity contribution in [3.05, 3.63) is 36.5 Å². The molecule has 1 saturated heterocycles. The molecule has 1 aliphatic carbocycles. The topological polar surface area (TPSA) is 44.4 Å². The zero-order chi connectivity index (χ0) is 14.5. The zero-order valence-corrected chi connectivity index (χ0v) is 12.3. The van der Waals surface area contributed by atoms with Crippen LogP contribution < -0.4 is 15.5 Å². The number of carbonyl (C=O) groups excluding carboxylic acids is 1. The molecule has 0 radical (unpaired) electrons. The van der Waals surface area contributed by atoms with E-state index in [4.69, 9.17) is 0 Å². The van der Waals surface area contributed by atoms with Crippen LogP contribution in [0.1, 0.15) is 32.1 Å². The van der Waals surface area contributed by atoms with Crippen LogP contribution in [0.25, 0.3) is 0 Å². The fourth-order valence-electron chi connectivity index (χ4n) is 2.62. The summed E-state index contributed by atoms with van der Waals surface area (Å²) in [6, 6.07) is 7.92. The quantitative estimate of drug-likeness (QED) is 0.885. The Kier molecular flexibility index (Phi) is 4.43. The number of hydrogen-bond acceptors (Lipinski definition) is 2. The lowest BCUT2D eigenvalue weighted by Crippen LogP contribution is -2.29. The Balaban J connectivity index is 1.49. The van der Waals surface area contributed by atoms with E-state index in [1.165, 1.54) is 37.8 Å². The van der Waals surface area contributed by atoms with E-state index < -0.39 is 0 Å². The van der Waals surface area contributed by atoms with E-state index in [9.17, 15) is 4.79 Å². The molecule has 0 atom stereocenters. The smallest absolute Gasteiger partial charge is 0.323 e. The van der Waals surface area contributed by atoms with Gasteiger partial charge in [0, 0.05) is 30.7 Å². The second kappa shape index (κ2) is 6.66. The highest BCUT2D eigenvalue weighted by atomic mass is 16.2. The number of hydrogen-bond donors (Lipinski definition) is 2. The summed E-state index contributed by atoms with van der Waals surface area (Å²) < 4.78 is 0. The average Bonchev–Trinajstić information content (AvgIpc) is 3.33. The first-order chi connectivity index (χ1) is 10.3. The van der Waals surface area contributed by atoms with E-state index in [0.29, 0.717) is 5.92 Å². The Morgan fingerprint density at radius 1 is 1.10 bits per heavy atom. The molecule has 0 spiro atoms. The summed E-state index contributed by atoms with van der Waals surface area (Å²) in [6.45, 7) is 2.28. The molecule has 112 valence electrons. The Labute approximate surface area is 126 Å². The number of urea groups is 1. The summed E-state index contributed by atoms with van der Waals surface area (Å²) in [7, 11) is 0. The molecule has 1 heterocycles. The number of nitrogens with one attached hydrogen (secondary N) is 2. The minimum Gasteiger partial charge on any atom is -0.372 e. The molecule has 2 N–H and O–H groups in total. The van der Waals surface area contributed by atoms with Gasteiger partial charge in [0.15, 0.2) is 0 Å². The number of anilines is 2. The highest BCUT2D eigenvalue weighted by Gasteiger charge is 2.17. The predicted octanol–water partition coefficient (Wildman–Crippen LogP) is 3.72. The molecule has 2 fully saturated rings. The summed E-state index contributed by atoms with van der Waals surface area (Å²) in [5, 5.41) is 5.59. The first-order valence-corrected chi connectivity index (χ1v) is 7.90. The molecule has 21 heavy (non-hydrogen) atoms. The van der Waals surface area contributed by atoms with Gasteiger partial charge in [0.1, 0.15) is 0 Å². The summed E-state index contributed by atoms with van der Waals surface area (Å²) in [5.74, 6) is 0.675. The number of benzene rings is 1. The zero-order valence-electron chi connectivity index (χ0n) is 12.3. The molecule has 4 heteroatoms. The van der Waals surface area contributed by atoms with E-state index in [2.05, 4.69) is 33.7 Å². The van der Waals surface area contributed by atoms with Crippen LogP contribution in [0.4, 0.5) is 16.2 Å². The largest absolute Gasteiger partial charge is 0.372 e. The van der Waals surface area contributed by atoms with Crippen LogP contribution in [-0.2, 0) is 0 Å². The van der Waals surface area contributed by atoms with Crippen LogP contribution in [0.15, 0.2) is 36.5 Å². The Bertz CT molecular complexity index is 499. The SMILES string of the molecule is O=C(N/C=C/C1CC1)Nc1ccc(N2CCCCC2)cc1. The standard InChI is InChI=1S/C17H23N3O/c21-17(18-11-10-14-4-5-14)19-15-6-8-16(9-7-15)20-12-2-1-3-13-20/h6-11,14H,1-5,12-13H2,(H2,18,19,21)/b11-10+. The average molecular weight is 285 g/mol. The molecule has 0 unspecified atom stereocenters. The molecule has 1 aromatic rings. The fraction of sp³-hybridized carbons (Fsp3) is 0.471. The molecule has 2 amide bonds. The Morgan fingerprint density at radius 2 is 1.81 bits per heavy atom. The highest BCUT2D eigenvalue weighted by molar-refractivity contribution is 5.90. The monoisotopic (exact) mass is 285 g/mol. The van der Waals surface area contributed by atoms with Gasteiger partial charge in [-0.25, -0.2) is 4.79 Å². The summed E-state index contributed by atoms with van der Waals surface area (Å²) in [4.78, 5) is 14.1. The van der Waals surface area contributed by atoms with Crippen molar-refractivity contribution in [2.24, 2.45) is 5.92 Å². The lowest BCUT2D eigenvalue weighted by atomic mass is 10.1. The van der Waals surface area contributed by atoms with Gasteiger partial charge in [-0.05, 0) is 62.3 Å². The van der Waals surface area contributed by atoms with Gasteiger partial charge in [-0.15, -0.1) is 0 Å². The van der Waals surface area contributed by atoms with Crippen molar-refractivity contribution in [1.82, 2.24) is 5.32 Å². The van der Waals surface area contributed by atoms with Gasteiger partial charge in [-0.1, -0.05) is 6.08 Å². The number of rotatable bonds is 4. The van der Waals surface area contributed by atoms with Crippen molar-refractivity contribution >= 4 is 17.4 Å². The van der Waals surface area contributed by atoms with E-state index in [0.717, 1.165) is 18.8 Å². The third-order valence-electron chi connectivity index (χ3n) is 4.05. The lowest BCUT2D eigenvalue weighted by molar-refractivity contribution is 0.255. The van der Waals surface area contributed by atoms with Crippen molar-refractivity contribution in [1.29, 1.82) is 0 Å². The Morgan fingerprint density at radius 3 is 2.48 bits per heavy atom. The van der Waals surface area contributed by atoms with Crippen LogP contribution in [0, 0.1) is 5.92 Å². The summed E-state index contributed by atoms with van der Waals surface area (Å²) in [5.41, 5.74) is 2.07. The number of carbonyl (C=O) groups is 1. The van der Waals surface area contributed by atoms with Crippen LogP contribution in [0.5, 0.6) is 0 Å². The molecule has 3 rings (SSSR count). The van der Waals surface area contributed by atoms with Gasteiger partial charge < -0.3 is 15.5 Å². The molecule has 0 bridgehead atoms. The maximum Gasteiger partial charge on any atom is 0.323 e. The number of nitrogens with zero attached hydrogens (tertiary/aromatic N) is 1.